The van der Waals surface area contributed by atoms with E-state index in [0.29, 0.717) is 24.5 Å². The molecule has 0 radical (unpaired) electrons. The Bertz CT molecular complexity index is 462. The molecule has 1 aromatic rings. The van der Waals surface area contributed by atoms with Crippen molar-refractivity contribution in [1.29, 1.82) is 0 Å². The van der Waals surface area contributed by atoms with Gasteiger partial charge in [0.15, 0.2) is 0 Å². The Labute approximate surface area is 112 Å². The maximum absolute atomic E-state index is 11.7. The number of nitrogens with two attached hydrogens (primary N) is 1. The highest BCUT2D eigenvalue weighted by molar-refractivity contribution is 6.34. The molecular formula is C13H18ClN3O. The van der Waals surface area contributed by atoms with Crippen molar-refractivity contribution in [2.24, 2.45) is 5.73 Å². The zero-order valence-electron chi connectivity index (χ0n) is 10.5. The molecule has 3 N–H and O–H groups in total. The molecule has 1 aromatic carbocycles. The second-order valence-electron chi connectivity index (χ2n) is 4.57. The monoisotopic (exact) mass is 267 g/mol. The van der Waals surface area contributed by atoms with Crippen LogP contribution in [-0.2, 0) is 4.79 Å². The van der Waals surface area contributed by atoms with Crippen LogP contribution in [0.4, 0.5) is 11.4 Å². The predicted octanol–water partition coefficient (Wildman–Crippen LogP) is 2.15. The average molecular weight is 268 g/mol. The fourth-order valence-electron chi connectivity index (χ4n) is 2.22. The first-order chi connectivity index (χ1) is 8.61. The normalized spacial score (nSPS) is 15.1. The molecule has 0 aromatic heterocycles. The van der Waals surface area contributed by atoms with Gasteiger partial charge >= 0.3 is 0 Å². The molecule has 2 rings (SSSR count). The van der Waals surface area contributed by atoms with Gasteiger partial charge < -0.3 is 16.0 Å². The Morgan fingerprint density at radius 1 is 1.50 bits per heavy atom. The fraction of sp³-hybridized carbons (Fsp3) is 0.462. The number of fused-ring (bicyclic) bond motifs is 1. The molecular weight excluding hydrogens is 250 g/mol. The van der Waals surface area contributed by atoms with Gasteiger partial charge in [-0.25, -0.2) is 0 Å². The van der Waals surface area contributed by atoms with Gasteiger partial charge in [-0.05, 0) is 37.6 Å². The van der Waals surface area contributed by atoms with Crippen molar-refractivity contribution in [2.45, 2.75) is 19.8 Å². The Kier molecular flexibility index (Phi) is 4.09. The second-order valence-corrected chi connectivity index (χ2v) is 4.98. The van der Waals surface area contributed by atoms with E-state index >= 15 is 0 Å². The average Bonchev–Trinajstić information content (AvgIpc) is 2.45. The molecule has 1 aliphatic heterocycles. The van der Waals surface area contributed by atoms with Gasteiger partial charge in [-0.3, -0.25) is 4.79 Å². The summed E-state index contributed by atoms with van der Waals surface area (Å²) in [5.74, 6) is 0.0353. The first kappa shape index (κ1) is 13.2. The fourth-order valence-corrected chi connectivity index (χ4v) is 2.61. The van der Waals surface area contributed by atoms with E-state index in [1.165, 1.54) is 0 Å². The van der Waals surface area contributed by atoms with Crippen molar-refractivity contribution in [2.75, 3.05) is 29.9 Å². The third-order valence-electron chi connectivity index (χ3n) is 3.04. The minimum Gasteiger partial charge on any atom is -0.368 e. The number of halogens is 1. The minimum atomic E-state index is 0.0353. The summed E-state index contributed by atoms with van der Waals surface area (Å²) in [6.45, 7) is 4.10. The lowest BCUT2D eigenvalue weighted by Crippen LogP contribution is -2.27. The summed E-state index contributed by atoms with van der Waals surface area (Å²) in [7, 11) is 0. The van der Waals surface area contributed by atoms with E-state index in [0.717, 1.165) is 29.9 Å². The van der Waals surface area contributed by atoms with Crippen molar-refractivity contribution in [3.05, 3.63) is 22.7 Å². The lowest BCUT2D eigenvalue weighted by Gasteiger charge is -2.25. The Morgan fingerprint density at radius 2 is 2.28 bits per heavy atom. The predicted molar refractivity (Wildman–Crippen MR) is 75.3 cm³/mol. The van der Waals surface area contributed by atoms with Crippen LogP contribution in [0.15, 0.2) is 12.1 Å². The third kappa shape index (κ3) is 2.76. The van der Waals surface area contributed by atoms with E-state index in [2.05, 4.69) is 10.2 Å². The molecule has 0 bridgehead atoms. The van der Waals surface area contributed by atoms with E-state index in [1.54, 1.807) is 0 Å². The molecule has 0 aliphatic carbocycles. The molecule has 0 saturated carbocycles. The molecule has 98 valence electrons. The first-order valence-corrected chi connectivity index (χ1v) is 6.54. The highest BCUT2D eigenvalue weighted by Crippen LogP contribution is 2.37. The van der Waals surface area contributed by atoms with Crippen molar-refractivity contribution in [1.82, 2.24) is 0 Å². The van der Waals surface area contributed by atoms with Crippen molar-refractivity contribution >= 4 is 28.9 Å². The van der Waals surface area contributed by atoms with Gasteiger partial charge in [0.2, 0.25) is 5.91 Å². The summed E-state index contributed by atoms with van der Waals surface area (Å²) < 4.78 is 0. The molecule has 0 atom stereocenters. The van der Waals surface area contributed by atoms with Gasteiger partial charge in [0.25, 0.3) is 0 Å². The molecule has 1 amide bonds. The first-order valence-electron chi connectivity index (χ1n) is 6.17. The van der Waals surface area contributed by atoms with E-state index in [9.17, 15) is 4.79 Å². The zero-order valence-corrected chi connectivity index (χ0v) is 11.3. The largest absolute Gasteiger partial charge is 0.368 e. The molecule has 5 heteroatoms. The van der Waals surface area contributed by atoms with Gasteiger partial charge in [-0.2, -0.15) is 0 Å². The van der Waals surface area contributed by atoms with E-state index in [1.807, 2.05) is 19.1 Å². The van der Waals surface area contributed by atoms with Crippen LogP contribution >= 0.6 is 11.6 Å². The Balaban J connectivity index is 2.40. The van der Waals surface area contributed by atoms with E-state index in [-0.39, 0.29) is 5.91 Å². The van der Waals surface area contributed by atoms with Crippen LogP contribution in [0.2, 0.25) is 5.02 Å². The molecule has 0 fully saturated rings. The summed E-state index contributed by atoms with van der Waals surface area (Å²) in [4.78, 5) is 13.8. The van der Waals surface area contributed by atoms with Crippen molar-refractivity contribution < 1.29 is 4.79 Å². The number of nitrogens with zero attached hydrogens (tertiary/aromatic N) is 1. The van der Waals surface area contributed by atoms with Gasteiger partial charge in [-0.15, -0.1) is 0 Å². The SMILES string of the molecule is Cc1cc(Cl)c2c(c1)NC(=O)CCN2CCCN. The molecule has 0 unspecified atom stereocenters. The van der Waals surface area contributed by atoms with Crippen LogP contribution in [0.25, 0.3) is 0 Å². The quantitative estimate of drug-likeness (QED) is 0.882. The van der Waals surface area contributed by atoms with Crippen LogP contribution in [0.1, 0.15) is 18.4 Å². The van der Waals surface area contributed by atoms with E-state index in [4.69, 9.17) is 17.3 Å². The van der Waals surface area contributed by atoms with Gasteiger partial charge in [0.1, 0.15) is 0 Å². The number of carbonyl (C=O) groups is 1. The zero-order chi connectivity index (χ0) is 13.1. The molecule has 1 heterocycles. The number of hydrogen-bond acceptors (Lipinski definition) is 3. The number of rotatable bonds is 3. The maximum Gasteiger partial charge on any atom is 0.226 e. The lowest BCUT2D eigenvalue weighted by atomic mass is 10.1. The summed E-state index contributed by atoms with van der Waals surface area (Å²) in [6.07, 6.45) is 1.37. The number of hydrogen-bond donors (Lipinski definition) is 2. The summed E-state index contributed by atoms with van der Waals surface area (Å²) in [5.41, 5.74) is 8.32. The van der Waals surface area contributed by atoms with Crippen LogP contribution in [0.5, 0.6) is 0 Å². The summed E-state index contributed by atoms with van der Waals surface area (Å²) >= 11 is 6.32. The third-order valence-corrected chi connectivity index (χ3v) is 3.33. The molecule has 1 aliphatic rings. The van der Waals surface area contributed by atoms with Crippen LogP contribution in [0, 0.1) is 6.92 Å². The minimum absolute atomic E-state index is 0.0353. The topological polar surface area (TPSA) is 58.4 Å². The van der Waals surface area contributed by atoms with Gasteiger partial charge in [0, 0.05) is 19.5 Å². The number of nitrogens with one attached hydrogen (secondary N) is 1. The number of aryl methyl sites for hydroxylation is 1. The second kappa shape index (κ2) is 5.59. The number of anilines is 2. The maximum atomic E-state index is 11.7. The summed E-state index contributed by atoms with van der Waals surface area (Å²) in [5, 5.41) is 3.60. The molecule has 18 heavy (non-hydrogen) atoms. The molecule has 4 nitrogen and oxygen atoms in total. The Hall–Kier alpha value is -1.26. The molecule has 0 spiro atoms. The van der Waals surface area contributed by atoms with Gasteiger partial charge in [-0.1, -0.05) is 11.6 Å². The number of benzene rings is 1. The number of carbonyl (C=O) groups excluding carboxylic acids is 1. The Morgan fingerprint density at radius 3 is 3.00 bits per heavy atom. The van der Waals surface area contributed by atoms with Crippen LogP contribution in [0.3, 0.4) is 0 Å². The number of amides is 1. The van der Waals surface area contributed by atoms with Crippen LogP contribution < -0.4 is 16.0 Å². The summed E-state index contributed by atoms with van der Waals surface area (Å²) in [6, 6.07) is 3.88. The highest BCUT2D eigenvalue weighted by Gasteiger charge is 2.21. The highest BCUT2D eigenvalue weighted by atomic mass is 35.5. The van der Waals surface area contributed by atoms with Crippen molar-refractivity contribution in [3.8, 4) is 0 Å². The standard InChI is InChI=1S/C13H18ClN3O/c1-9-7-10(14)13-11(8-9)16-12(18)3-6-17(13)5-2-4-15/h7-8H,2-6,15H2,1H3,(H,16,18). The van der Waals surface area contributed by atoms with E-state index < -0.39 is 0 Å². The van der Waals surface area contributed by atoms with Crippen LogP contribution in [-0.4, -0.2) is 25.5 Å². The molecule has 0 saturated heterocycles. The smallest absolute Gasteiger partial charge is 0.226 e. The van der Waals surface area contributed by atoms with Gasteiger partial charge in [0.05, 0.1) is 16.4 Å². The van der Waals surface area contributed by atoms with Crippen molar-refractivity contribution in [3.63, 3.8) is 0 Å². The lowest BCUT2D eigenvalue weighted by molar-refractivity contribution is -0.115.